The molecular weight excluding hydrogens is 256 g/mol. The Balaban J connectivity index is 1.73. The first-order valence-electron chi connectivity index (χ1n) is 8.87. The van der Waals surface area contributed by atoms with Crippen molar-refractivity contribution in [3.8, 4) is 0 Å². The van der Waals surface area contributed by atoms with Crippen LogP contribution in [0.4, 0.5) is 0 Å². The largest absolute Gasteiger partial charge is 0.295 e. The van der Waals surface area contributed by atoms with Crippen LogP contribution in [0, 0.1) is 34.5 Å². The van der Waals surface area contributed by atoms with Gasteiger partial charge in [0.25, 0.3) is 0 Å². The summed E-state index contributed by atoms with van der Waals surface area (Å²) < 4.78 is 0. The maximum absolute atomic E-state index is 12.0. The predicted molar refractivity (Wildman–Crippen MR) is 85.8 cm³/mol. The fourth-order valence-electron chi connectivity index (χ4n) is 6.42. The van der Waals surface area contributed by atoms with Gasteiger partial charge in [-0.25, -0.2) is 0 Å². The van der Waals surface area contributed by atoms with E-state index in [4.69, 9.17) is 0 Å². The molecule has 4 rings (SSSR count). The van der Waals surface area contributed by atoms with E-state index in [1.807, 2.05) is 6.08 Å². The Kier molecular flexibility index (Phi) is 2.85. The first-order chi connectivity index (χ1) is 9.95. The zero-order valence-corrected chi connectivity index (χ0v) is 13.7. The summed E-state index contributed by atoms with van der Waals surface area (Å²) in [4.78, 5) is 12.0. The predicted octanol–water partition coefficient (Wildman–Crippen LogP) is 4.93. The monoisotopic (exact) mass is 284 g/mol. The lowest BCUT2D eigenvalue weighted by atomic mass is 9.45. The number of hydrogen-bond donors (Lipinski definition) is 0. The molecule has 6 atom stereocenters. The molecule has 0 aromatic carbocycles. The van der Waals surface area contributed by atoms with Gasteiger partial charge in [0, 0.05) is 6.42 Å². The second-order valence-corrected chi connectivity index (χ2v) is 8.62. The van der Waals surface area contributed by atoms with Crippen LogP contribution in [0.1, 0.15) is 59.3 Å². The van der Waals surface area contributed by atoms with E-state index in [1.54, 1.807) is 0 Å². The second kappa shape index (κ2) is 4.33. The molecule has 4 aliphatic carbocycles. The Morgan fingerprint density at radius 1 is 1.19 bits per heavy atom. The van der Waals surface area contributed by atoms with Gasteiger partial charge in [-0.2, -0.15) is 0 Å². The first kappa shape index (κ1) is 13.8. The molecule has 0 unspecified atom stereocenters. The zero-order chi connectivity index (χ0) is 14.8. The number of allylic oxidation sites excluding steroid dienone is 4. The molecule has 1 heteroatoms. The summed E-state index contributed by atoms with van der Waals surface area (Å²) >= 11 is 0. The minimum atomic E-state index is 0.292. The third-order valence-corrected chi connectivity index (χ3v) is 7.84. The molecule has 0 radical (unpaired) electrons. The quantitative estimate of drug-likeness (QED) is 0.576. The van der Waals surface area contributed by atoms with Gasteiger partial charge in [-0.3, -0.25) is 4.79 Å². The maximum atomic E-state index is 12.0. The molecule has 114 valence electrons. The lowest BCUT2D eigenvalue weighted by molar-refractivity contribution is -0.119. The summed E-state index contributed by atoms with van der Waals surface area (Å²) in [6.45, 7) is 7.30. The number of rotatable bonds is 0. The van der Waals surface area contributed by atoms with Crippen molar-refractivity contribution in [2.24, 2.45) is 34.5 Å². The summed E-state index contributed by atoms with van der Waals surface area (Å²) in [6, 6.07) is 0. The minimum absolute atomic E-state index is 0.292. The van der Waals surface area contributed by atoms with E-state index in [0.29, 0.717) is 22.5 Å². The van der Waals surface area contributed by atoms with E-state index in [1.165, 1.54) is 37.7 Å². The van der Waals surface area contributed by atoms with Gasteiger partial charge in [0.15, 0.2) is 5.78 Å². The van der Waals surface area contributed by atoms with E-state index >= 15 is 0 Å². The van der Waals surface area contributed by atoms with Crippen molar-refractivity contribution in [3.05, 3.63) is 23.8 Å². The van der Waals surface area contributed by atoms with Crippen molar-refractivity contribution in [2.75, 3.05) is 0 Å². The molecule has 0 amide bonds. The summed E-state index contributed by atoms with van der Waals surface area (Å²) in [5.41, 5.74) is 2.25. The van der Waals surface area contributed by atoms with E-state index in [-0.39, 0.29) is 0 Å². The van der Waals surface area contributed by atoms with Gasteiger partial charge in [0.05, 0.1) is 0 Å². The fraction of sp³-hybridized carbons (Fsp3) is 0.750. The first-order valence-corrected chi connectivity index (χ1v) is 8.87. The molecule has 0 aromatic rings. The SMILES string of the molecule is C[C@H]1CC(=O)C=C2CC[C@@H]3[C@H](CC[C@]4(C)C=CC[C@@H]34)[C@]21C. The topological polar surface area (TPSA) is 17.1 Å². The van der Waals surface area contributed by atoms with Crippen LogP contribution in [-0.2, 0) is 4.79 Å². The highest BCUT2D eigenvalue weighted by molar-refractivity contribution is 5.92. The highest BCUT2D eigenvalue weighted by Gasteiger charge is 2.56. The smallest absolute Gasteiger partial charge is 0.155 e. The third-order valence-electron chi connectivity index (χ3n) is 7.84. The Morgan fingerprint density at radius 3 is 2.81 bits per heavy atom. The lowest BCUT2D eigenvalue weighted by Gasteiger charge is -2.59. The van der Waals surface area contributed by atoms with Crippen LogP contribution in [0.3, 0.4) is 0 Å². The van der Waals surface area contributed by atoms with Crippen molar-refractivity contribution >= 4 is 5.78 Å². The molecule has 0 saturated heterocycles. The van der Waals surface area contributed by atoms with Crippen LogP contribution in [0.5, 0.6) is 0 Å². The number of carbonyl (C=O) groups excluding carboxylic acids is 1. The Labute approximate surface area is 128 Å². The van der Waals surface area contributed by atoms with Crippen molar-refractivity contribution in [3.63, 3.8) is 0 Å². The third kappa shape index (κ3) is 1.72. The molecule has 4 aliphatic rings. The number of fused-ring (bicyclic) bond motifs is 5. The maximum Gasteiger partial charge on any atom is 0.155 e. The van der Waals surface area contributed by atoms with Crippen LogP contribution in [0.2, 0.25) is 0 Å². The van der Waals surface area contributed by atoms with Gasteiger partial charge >= 0.3 is 0 Å². The van der Waals surface area contributed by atoms with Crippen molar-refractivity contribution in [2.45, 2.75) is 59.3 Å². The minimum Gasteiger partial charge on any atom is -0.295 e. The van der Waals surface area contributed by atoms with Crippen molar-refractivity contribution in [1.82, 2.24) is 0 Å². The highest BCUT2D eigenvalue weighted by atomic mass is 16.1. The average molecular weight is 284 g/mol. The highest BCUT2D eigenvalue weighted by Crippen LogP contribution is 2.64. The molecule has 2 fully saturated rings. The van der Waals surface area contributed by atoms with Crippen LogP contribution in [0.25, 0.3) is 0 Å². The molecule has 0 heterocycles. The second-order valence-electron chi connectivity index (χ2n) is 8.62. The Hall–Kier alpha value is -0.850. The molecule has 0 aliphatic heterocycles. The summed E-state index contributed by atoms with van der Waals surface area (Å²) in [7, 11) is 0. The van der Waals surface area contributed by atoms with Crippen molar-refractivity contribution < 1.29 is 4.79 Å². The van der Waals surface area contributed by atoms with Crippen molar-refractivity contribution in [1.29, 1.82) is 0 Å². The molecule has 0 aromatic heterocycles. The molecule has 0 bridgehead atoms. The molecule has 2 saturated carbocycles. The zero-order valence-electron chi connectivity index (χ0n) is 13.7. The van der Waals surface area contributed by atoms with Crippen LogP contribution in [-0.4, -0.2) is 5.78 Å². The normalized spacial score (nSPS) is 52.0. The van der Waals surface area contributed by atoms with Gasteiger partial charge in [-0.1, -0.05) is 38.5 Å². The van der Waals surface area contributed by atoms with E-state index in [0.717, 1.165) is 24.2 Å². The summed E-state index contributed by atoms with van der Waals surface area (Å²) in [5, 5.41) is 0. The number of hydrogen-bond acceptors (Lipinski definition) is 1. The molecule has 1 nitrogen and oxygen atoms in total. The molecule has 0 N–H and O–H groups in total. The van der Waals surface area contributed by atoms with Gasteiger partial charge < -0.3 is 0 Å². The van der Waals surface area contributed by atoms with Crippen LogP contribution < -0.4 is 0 Å². The van der Waals surface area contributed by atoms with Crippen LogP contribution >= 0.6 is 0 Å². The van der Waals surface area contributed by atoms with Gasteiger partial charge in [0.2, 0.25) is 0 Å². The summed E-state index contributed by atoms with van der Waals surface area (Å²) in [5.74, 6) is 3.43. The molecule has 0 spiro atoms. The molecule has 21 heavy (non-hydrogen) atoms. The van der Waals surface area contributed by atoms with Gasteiger partial charge in [-0.15, -0.1) is 0 Å². The fourth-order valence-corrected chi connectivity index (χ4v) is 6.42. The number of ketones is 1. The Morgan fingerprint density at radius 2 is 2.00 bits per heavy atom. The summed E-state index contributed by atoms with van der Waals surface area (Å²) in [6.07, 6.45) is 14.2. The van der Waals surface area contributed by atoms with Gasteiger partial charge in [-0.05, 0) is 72.7 Å². The van der Waals surface area contributed by atoms with E-state index in [2.05, 4.69) is 32.9 Å². The van der Waals surface area contributed by atoms with E-state index in [9.17, 15) is 4.79 Å². The Bertz CT molecular complexity index is 542. The van der Waals surface area contributed by atoms with E-state index < -0.39 is 0 Å². The average Bonchev–Trinajstić information content (AvgIpc) is 2.82. The standard InChI is InChI=1S/C20H28O/c1-13-11-15(21)12-14-6-7-16-17-5-4-9-19(17,2)10-8-18(16)20(13,14)3/h4,9,12-13,16-18H,5-8,10-11H2,1-3H3/t13-,16-,17-,18-,19-,20-/m0/s1. The lowest BCUT2D eigenvalue weighted by Crippen LogP contribution is -2.52. The van der Waals surface area contributed by atoms with Gasteiger partial charge in [0.1, 0.15) is 0 Å². The molecular formula is C20H28O. The number of carbonyl (C=O) groups is 1. The van der Waals surface area contributed by atoms with Crippen LogP contribution in [0.15, 0.2) is 23.8 Å².